The smallest absolute Gasteiger partial charge is 0.0637 e. The normalized spacial score (nSPS) is 15.3. The molecule has 0 saturated carbocycles. The zero-order chi connectivity index (χ0) is 39.0. The van der Waals surface area contributed by atoms with Crippen molar-refractivity contribution in [1.82, 2.24) is 4.57 Å². The van der Waals surface area contributed by atoms with Crippen molar-refractivity contribution in [2.24, 2.45) is 0 Å². The summed E-state index contributed by atoms with van der Waals surface area (Å²) in [7, 11) is 0. The van der Waals surface area contributed by atoms with Gasteiger partial charge in [-0.1, -0.05) is 166 Å². The number of nitrogens with zero attached hydrogens (tertiary/aromatic N) is 2. The molecule has 2 nitrogen and oxygen atoms in total. The average molecular weight is 747 g/mol. The number of fused-ring (bicyclic) bond motifs is 5. The van der Waals surface area contributed by atoms with Crippen LogP contribution in [-0.4, -0.2) is 10.6 Å². The van der Waals surface area contributed by atoms with Crippen molar-refractivity contribution in [2.45, 2.75) is 39.2 Å². The van der Waals surface area contributed by atoms with Gasteiger partial charge in [-0.05, 0) is 123 Å². The second kappa shape index (κ2) is 15.2. The summed E-state index contributed by atoms with van der Waals surface area (Å²) in [4.78, 5) is 2.70. The third-order valence-corrected chi connectivity index (χ3v) is 11.9. The van der Waals surface area contributed by atoms with Crippen LogP contribution >= 0.6 is 0 Å². The first-order valence-electron chi connectivity index (χ1n) is 20.8. The fraction of sp³-hybridized carbons (Fsp3) is 0.107. The van der Waals surface area contributed by atoms with Gasteiger partial charge < -0.3 is 9.47 Å². The Morgan fingerprint density at radius 3 is 1.47 bits per heavy atom. The summed E-state index contributed by atoms with van der Waals surface area (Å²) in [5.41, 5.74) is 20.5. The second-order valence-electron chi connectivity index (χ2n) is 15.2. The van der Waals surface area contributed by atoms with E-state index in [1.807, 2.05) is 13.8 Å². The lowest BCUT2D eigenvalue weighted by Crippen LogP contribution is -2.34. The predicted molar refractivity (Wildman–Crippen MR) is 246 cm³/mol. The molecule has 0 fully saturated rings. The van der Waals surface area contributed by atoms with Gasteiger partial charge in [0.05, 0.1) is 17.3 Å². The van der Waals surface area contributed by atoms with Gasteiger partial charge >= 0.3 is 0 Å². The molecule has 2 aliphatic carbocycles. The van der Waals surface area contributed by atoms with Crippen LogP contribution in [0.1, 0.15) is 37.9 Å². The Bertz CT molecular complexity index is 2740. The number of aromatic nitrogens is 1. The van der Waals surface area contributed by atoms with Gasteiger partial charge in [0.1, 0.15) is 0 Å². The molecule has 2 heteroatoms. The maximum atomic E-state index is 2.70. The Morgan fingerprint density at radius 1 is 0.483 bits per heavy atom. The Hall–Kier alpha value is -6.90. The molecule has 8 aromatic rings. The molecule has 1 unspecified atom stereocenters. The largest absolute Gasteiger partial charge is 0.337 e. The van der Waals surface area contributed by atoms with E-state index in [9.17, 15) is 0 Å². The Labute approximate surface area is 342 Å². The van der Waals surface area contributed by atoms with Crippen molar-refractivity contribution in [3.63, 3.8) is 0 Å². The van der Waals surface area contributed by atoms with E-state index in [1.54, 1.807) is 0 Å². The summed E-state index contributed by atoms with van der Waals surface area (Å²) in [6, 6.07) is 66.8. The van der Waals surface area contributed by atoms with Gasteiger partial charge in [-0.15, -0.1) is 0 Å². The topological polar surface area (TPSA) is 8.17 Å². The van der Waals surface area contributed by atoms with Crippen molar-refractivity contribution in [3.8, 4) is 50.2 Å². The molecule has 0 N–H and O–H groups in total. The Kier molecular flexibility index (Phi) is 9.31. The first-order chi connectivity index (χ1) is 28.8. The standard InChI is InChI=1S/C54H40N2.C2H6/c1-5-17-37(18-6-1)41-29-42(38-19-7-2-8-20-38)32-45(31-41)55-51-27-15-13-25-47(51)49-36-54-50(35-53(49)55)48-26-14-16-28-52(48)56(54)46-33-43(39-21-9-3-10-22-39)30-44(34-46)40-23-11-4-12-24-40;1-2/h1-15,17-27,29-35,54H,16,28,36H2;1-2H3. The minimum Gasteiger partial charge on any atom is -0.337 e. The third-order valence-electron chi connectivity index (χ3n) is 11.9. The molecule has 1 atom stereocenters. The molecule has 2 heterocycles. The van der Waals surface area contributed by atoms with Crippen molar-refractivity contribution in [1.29, 1.82) is 0 Å². The fourth-order valence-corrected chi connectivity index (χ4v) is 9.37. The molecule has 0 saturated heterocycles. The van der Waals surface area contributed by atoms with Crippen LogP contribution < -0.4 is 4.90 Å². The van der Waals surface area contributed by atoms with Crippen LogP contribution in [0.15, 0.2) is 211 Å². The number of para-hydroxylation sites is 1. The van der Waals surface area contributed by atoms with Crippen LogP contribution in [0.3, 0.4) is 0 Å². The van der Waals surface area contributed by atoms with E-state index in [4.69, 9.17) is 0 Å². The number of rotatable bonds is 6. The van der Waals surface area contributed by atoms with Gasteiger partial charge in [-0.25, -0.2) is 0 Å². The van der Waals surface area contributed by atoms with Crippen molar-refractivity contribution in [2.75, 3.05) is 4.90 Å². The van der Waals surface area contributed by atoms with E-state index in [-0.39, 0.29) is 6.04 Å². The highest BCUT2D eigenvalue weighted by atomic mass is 15.2. The van der Waals surface area contributed by atoms with Crippen LogP contribution in [-0.2, 0) is 6.42 Å². The van der Waals surface area contributed by atoms with Crippen LogP contribution in [0, 0.1) is 0 Å². The summed E-state index contributed by atoms with van der Waals surface area (Å²) < 4.78 is 2.53. The summed E-state index contributed by atoms with van der Waals surface area (Å²) in [6.45, 7) is 4.00. The summed E-state index contributed by atoms with van der Waals surface area (Å²) >= 11 is 0. The van der Waals surface area contributed by atoms with Gasteiger partial charge in [-0.3, -0.25) is 0 Å². The number of benzene rings is 7. The number of allylic oxidation sites excluding steroid dienone is 3. The number of hydrogen-bond acceptors (Lipinski definition) is 1. The third kappa shape index (κ3) is 6.22. The average Bonchev–Trinajstić information content (AvgIpc) is 3.81. The monoisotopic (exact) mass is 746 g/mol. The molecule has 0 spiro atoms. The quantitative estimate of drug-likeness (QED) is 0.164. The van der Waals surface area contributed by atoms with E-state index >= 15 is 0 Å². The lowest BCUT2D eigenvalue weighted by Gasteiger charge is -2.33. The van der Waals surface area contributed by atoms with Crippen LogP contribution in [0.25, 0.3) is 67.2 Å². The molecule has 3 aliphatic rings. The SMILES string of the molecule is C1=CC2=C(CC1)N(c1cc(-c3ccccc3)cc(-c3ccccc3)c1)C1Cc3c(n(-c4cc(-c5ccccc5)cc(-c5ccccc5)c4)c4ccccc34)C=C21.CC. The molecule has 11 rings (SSSR count). The minimum atomic E-state index is 0.194. The maximum absolute atomic E-state index is 2.70. The fourth-order valence-electron chi connectivity index (χ4n) is 9.37. The molecular weight excluding hydrogens is 701 g/mol. The van der Waals surface area contributed by atoms with Gasteiger partial charge in [0, 0.05) is 28.9 Å². The van der Waals surface area contributed by atoms with E-state index in [2.05, 4.69) is 210 Å². The zero-order valence-electron chi connectivity index (χ0n) is 33.1. The lowest BCUT2D eigenvalue weighted by atomic mass is 9.87. The van der Waals surface area contributed by atoms with Crippen LogP contribution in [0.2, 0.25) is 0 Å². The first-order valence-corrected chi connectivity index (χ1v) is 20.8. The van der Waals surface area contributed by atoms with Gasteiger partial charge in [0.15, 0.2) is 0 Å². The molecule has 7 aromatic carbocycles. The summed E-state index contributed by atoms with van der Waals surface area (Å²) in [6.07, 6.45) is 10.3. The molecule has 0 radical (unpaired) electrons. The van der Waals surface area contributed by atoms with Crippen molar-refractivity contribution in [3.05, 3.63) is 222 Å². The first kappa shape index (κ1) is 35.5. The second-order valence-corrected chi connectivity index (χ2v) is 15.2. The van der Waals surface area contributed by atoms with Gasteiger partial charge in [0.2, 0.25) is 0 Å². The van der Waals surface area contributed by atoms with E-state index < -0.39 is 0 Å². The van der Waals surface area contributed by atoms with Crippen molar-refractivity contribution < 1.29 is 0 Å². The highest BCUT2D eigenvalue weighted by molar-refractivity contribution is 5.94. The lowest BCUT2D eigenvalue weighted by molar-refractivity contribution is 0.726. The maximum Gasteiger partial charge on any atom is 0.0637 e. The molecule has 280 valence electrons. The molecule has 0 bridgehead atoms. The van der Waals surface area contributed by atoms with Crippen molar-refractivity contribution >= 4 is 22.7 Å². The van der Waals surface area contributed by atoms with E-state index in [0.717, 1.165) is 19.3 Å². The Balaban J connectivity index is 0.00000201. The van der Waals surface area contributed by atoms with E-state index in [1.165, 1.54) is 94.9 Å². The molecule has 58 heavy (non-hydrogen) atoms. The molecule has 1 aliphatic heterocycles. The minimum absolute atomic E-state index is 0.194. The van der Waals surface area contributed by atoms with Crippen LogP contribution in [0.5, 0.6) is 0 Å². The van der Waals surface area contributed by atoms with Gasteiger partial charge in [0.25, 0.3) is 0 Å². The highest BCUT2D eigenvalue weighted by Gasteiger charge is 2.40. The molecule has 1 aromatic heterocycles. The van der Waals surface area contributed by atoms with Crippen LogP contribution in [0.4, 0.5) is 5.69 Å². The number of anilines is 1. The molecular formula is C56H46N2. The highest BCUT2D eigenvalue weighted by Crippen LogP contribution is 2.49. The summed E-state index contributed by atoms with van der Waals surface area (Å²) in [5.74, 6) is 0. The molecule has 0 amide bonds. The van der Waals surface area contributed by atoms with E-state index in [0.29, 0.717) is 0 Å². The zero-order valence-corrected chi connectivity index (χ0v) is 33.1. The van der Waals surface area contributed by atoms with Gasteiger partial charge in [-0.2, -0.15) is 0 Å². The Morgan fingerprint density at radius 2 is 0.948 bits per heavy atom. The number of hydrogen-bond donors (Lipinski definition) is 0. The predicted octanol–water partition coefficient (Wildman–Crippen LogP) is 14.8. The summed E-state index contributed by atoms with van der Waals surface area (Å²) in [5, 5.41) is 1.33.